The van der Waals surface area contributed by atoms with E-state index in [4.69, 9.17) is 16.2 Å². The molecule has 0 spiro atoms. The number of benzene rings is 2. The lowest BCUT2D eigenvalue weighted by Gasteiger charge is -2.36. The summed E-state index contributed by atoms with van der Waals surface area (Å²) in [6.07, 6.45) is 0. The van der Waals surface area contributed by atoms with E-state index in [1.165, 1.54) is 0 Å². The third kappa shape index (κ3) is 2.46. The van der Waals surface area contributed by atoms with Gasteiger partial charge in [0.05, 0.1) is 13.2 Å². The zero-order chi connectivity index (χ0) is 14.8. The average molecular weight is 285 g/mol. The van der Waals surface area contributed by atoms with E-state index < -0.39 is 6.04 Å². The van der Waals surface area contributed by atoms with E-state index in [0.29, 0.717) is 26.3 Å². The second-order valence-corrected chi connectivity index (χ2v) is 5.18. The van der Waals surface area contributed by atoms with Gasteiger partial charge in [0.15, 0.2) is 0 Å². The molecule has 1 amide bonds. The molecule has 0 aliphatic carbocycles. The molecule has 5 heteroatoms. The number of fused-ring (bicyclic) bond motifs is 1. The number of primary amides is 1. The Morgan fingerprint density at radius 1 is 1.24 bits per heavy atom. The summed E-state index contributed by atoms with van der Waals surface area (Å²) in [6, 6.07) is 11.7. The molecule has 0 saturated carbocycles. The van der Waals surface area contributed by atoms with E-state index in [2.05, 4.69) is 12.1 Å². The number of amides is 1. The third-order valence-electron chi connectivity index (χ3n) is 3.98. The van der Waals surface area contributed by atoms with E-state index in [-0.39, 0.29) is 5.91 Å². The van der Waals surface area contributed by atoms with E-state index in [9.17, 15) is 4.79 Å². The summed E-state index contributed by atoms with van der Waals surface area (Å²) in [6.45, 7) is 2.07. The highest BCUT2D eigenvalue weighted by molar-refractivity contribution is 5.98. The van der Waals surface area contributed by atoms with Crippen molar-refractivity contribution in [3.05, 3.63) is 42.0 Å². The Balaban J connectivity index is 2.13. The van der Waals surface area contributed by atoms with Gasteiger partial charge in [0.1, 0.15) is 6.04 Å². The van der Waals surface area contributed by atoms with Gasteiger partial charge in [-0.25, -0.2) is 0 Å². The molecule has 2 aromatic carbocycles. The van der Waals surface area contributed by atoms with Crippen LogP contribution in [0, 0.1) is 0 Å². The van der Waals surface area contributed by atoms with Crippen LogP contribution < -0.4 is 16.4 Å². The van der Waals surface area contributed by atoms with Gasteiger partial charge in [0.2, 0.25) is 5.91 Å². The van der Waals surface area contributed by atoms with Gasteiger partial charge in [-0.05, 0) is 17.0 Å². The van der Waals surface area contributed by atoms with Gasteiger partial charge in [0.25, 0.3) is 0 Å². The Labute approximate surface area is 123 Å². The Morgan fingerprint density at radius 3 is 2.71 bits per heavy atom. The number of carbonyl (C=O) groups excluding carboxylic acids is 1. The standard InChI is InChI=1S/C16H19N3O2/c17-9-11-5-6-14(13-4-2-1-3-12(11)13)19-7-8-21-10-15(19)16(18)20/h1-6,15H,7-10,17H2,(H2,18,20). The number of hydrogen-bond donors (Lipinski definition) is 2. The minimum atomic E-state index is -0.425. The second kappa shape index (κ2) is 5.71. The Bertz CT molecular complexity index is 672. The van der Waals surface area contributed by atoms with Crippen LogP contribution in [-0.4, -0.2) is 31.7 Å². The number of ether oxygens (including phenoxy) is 1. The van der Waals surface area contributed by atoms with Crippen molar-refractivity contribution in [3.8, 4) is 0 Å². The predicted molar refractivity (Wildman–Crippen MR) is 83.0 cm³/mol. The minimum Gasteiger partial charge on any atom is -0.377 e. The third-order valence-corrected chi connectivity index (χ3v) is 3.98. The van der Waals surface area contributed by atoms with Crippen LogP contribution in [0.3, 0.4) is 0 Å². The van der Waals surface area contributed by atoms with Crippen molar-refractivity contribution in [2.75, 3.05) is 24.7 Å². The Hall–Kier alpha value is -2.11. The lowest BCUT2D eigenvalue weighted by molar-refractivity contribution is -0.121. The average Bonchev–Trinajstić information content (AvgIpc) is 2.53. The molecule has 4 N–H and O–H groups in total. The van der Waals surface area contributed by atoms with Gasteiger partial charge >= 0.3 is 0 Å². The number of morpholine rings is 1. The number of nitrogens with zero attached hydrogens (tertiary/aromatic N) is 1. The van der Waals surface area contributed by atoms with Gasteiger partial charge in [0, 0.05) is 24.2 Å². The quantitative estimate of drug-likeness (QED) is 0.881. The molecular weight excluding hydrogens is 266 g/mol. The lowest BCUT2D eigenvalue weighted by atomic mass is 10.0. The van der Waals surface area contributed by atoms with Crippen LogP contribution in [0.4, 0.5) is 5.69 Å². The van der Waals surface area contributed by atoms with Gasteiger partial charge in [-0.15, -0.1) is 0 Å². The first-order chi connectivity index (χ1) is 10.2. The van der Waals surface area contributed by atoms with Gasteiger partial charge in [-0.2, -0.15) is 0 Å². The molecule has 1 atom stereocenters. The zero-order valence-electron chi connectivity index (χ0n) is 11.8. The van der Waals surface area contributed by atoms with Crippen LogP contribution in [0.15, 0.2) is 36.4 Å². The molecule has 0 radical (unpaired) electrons. The van der Waals surface area contributed by atoms with Gasteiger partial charge < -0.3 is 21.1 Å². The summed E-state index contributed by atoms with van der Waals surface area (Å²) < 4.78 is 5.39. The number of anilines is 1. The topological polar surface area (TPSA) is 81.6 Å². The van der Waals surface area contributed by atoms with Crippen LogP contribution in [0.1, 0.15) is 5.56 Å². The van der Waals surface area contributed by atoms with Crippen molar-refractivity contribution >= 4 is 22.4 Å². The maximum atomic E-state index is 11.7. The molecule has 1 aliphatic heterocycles. The van der Waals surface area contributed by atoms with Gasteiger partial charge in [-0.3, -0.25) is 4.79 Å². The van der Waals surface area contributed by atoms with Crippen LogP contribution in [0.25, 0.3) is 10.8 Å². The molecule has 0 aromatic heterocycles. The van der Waals surface area contributed by atoms with Crippen LogP contribution >= 0.6 is 0 Å². The van der Waals surface area contributed by atoms with Crippen molar-refractivity contribution in [2.24, 2.45) is 11.5 Å². The van der Waals surface area contributed by atoms with E-state index in [1.807, 2.05) is 29.2 Å². The molecule has 1 saturated heterocycles. The molecule has 0 bridgehead atoms. The molecule has 1 fully saturated rings. The monoisotopic (exact) mass is 285 g/mol. The minimum absolute atomic E-state index is 0.336. The molecule has 21 heavy (non-hydrogen) atoms. The van der Waals surface area contributed by atoms with E-state index >= 15 is 0 Å². The first-order valence-electron chi connectivity index (χ1n) is 7.06. The van der Waals surface area contributed by atoms with Crippen molar-refractivity contribution in [2.45, 2.75) is 12.6 Å². The fourth-order valence-electron chi connectivity index (χ4n) is 2.90. The summed E-state index contributed by atoms with van der Waals surface area (Å²) >= 11 is 0. The SMILES string of the molecule is NCc1ccc(N2CCOCC2C(N)=O)c2ccccc12. The number of nitrogens with two attached hydrogens (primary N) is 2. The van der Waals surface area contributed by atoms with Crippen molar-refractivity contribution < 1.29 is 9.53 Å². The van der Waals surface area contributed by atoms with E-state index in [1.54, 1.807) is 0 Å². The van der Waals surface area contributed by atoms with Gasteiger partial charge in [-0.1, -0.05) is 30.3 Å². The van der Waals surface area contributed by atoms with Crippen molar-refractivity contribution in [3.63, 3.8) is 0 Å². The normalized spacial score (nSPS) is 18.9. The second-order valence-electron chi connectivity index (χ2n) is 5.18. The first-order valence-corrected chi connectivity index (χ1v) is 7.06. The fourth-order valence-corrected chi connectivity index (χ4v) is 2.90. The number of carbonyl (C=O) groups is 1. The largest absolute Gasteiger partial charge is 0.377 e. The highest BCUT2D eigenvalue weighted by Crippen LogP contribution is 2.31. The summed E-state index contributed by atoms with van der Waals surface area (Å²) in [5.41, 5.74) is 13.4. The molecule has 3 rings (SSSR count). The molecule has 2 aromatic rings. The summed E-state index contributed by atoms with van der Waals surface area (Å²) in [7, 11) is 0. The summed E-state index contributed by atoms with van der Waals surface area (Å²) in [5.74, 6) is -0.360. The molecule has 1 unspecified atom stereocenters. The van der Waals surface area contributed by atoms with Crippen molar-refractivity contribution in [1.82, 2.24) is 0 Å². The first kappa shape index (κ1) is 13.9. The zero-order valence-corrected chi connectivity index (χ0v) is 11.8. The van der Waals surface area contributed by atoms with Crippen molar-refractivity contribution in [1.29, 1.82) is 0 Å². The molecule has 110 valence electrons. The Morgan fingerprint density at radius 2 is 2.00 bits per heavy atom. The highest BCUT2D eigenvalue weighted by Gasteiger charge is 2.28. The molecule has 5 nitrogen and oxygen atoms in total. The molecular formula is C16H19N3O2. The fraction of sp³-hybridized carbons (Fsp3) is 0.312. The maximum absolute atomic E-state index is 11.7. The number of hydrogen-bond acceptors (Lipinski definition) is 4. The predicted octanol–water partition coefficient (Wildman–Crippen LogP) is 0.989. The van der Waals surface area contributed by atoms with Crippen LogP contribution in [0.5, 0.6) is 0 Å². The molecule has 1 aliphatic rings. The Kier molecular flexibility index (Phi) is 3.77. The van der Waals surface area contributed by atoms with Crippen LogP contribution in [-0.2, 0) is 16.1 Å². The van der Waals surface area contributed by atoms with E-state index in [0.717, 1.165) is 22.0 Å². The molecule has 1 heterocycles. The summed E-state index contributed by atoms with van der Waals surface area (Å²) in [5, 5.41) is 2.21. The highest BCUT2D eigenvalue weighted by atomic mass is 16.5. The maximum Gasteiger partial charge on any atom is 0.242 e. The smallest absolute Gasteiger partial charge is 0.242 e. The lowest BCUT2D eigenvalue weighted by Crippen LogP contribution is -2.52. The number of rotatable bonds is 3. The summed E-state index contributed by atoms with van der Waals surface area (Å²) in [4.78, 5) is 13.7. The van der Waals surface area contributed by atoms with Crippen LogP contribution in [0.2, 0.25) is 0 Å².